The minimum Gasteiger partial charge on any atom is -0.309 e. The number of fused-ring (bicyclic) bond motifs is 3. The van der Waals surface area contributed by atoms with Crippen LogP contribution in [0.2, 0.25) is 0 Å². The van der Waals surface area contributed by atoms with Crippen molar-refractivity contribution in [3.63, 3.8) is 0 Å². The Hall–Kier alpha value is -11.0. The number of nitrogens with zero attached hydrogens (tertiary/aromatic N) is 1. The van der Waals surface area contributed by atoms with E-state index in [1.807, 2.05) is 97.1 Å². The monoisotopic (exact) mass is 1280 g/mol. The Morgan fingerprint density at radius 3 is 0.854 bits per heavy atom. The topological polar surface area (TPSA) is 4.93 Å². The SMILES string of the molecule is Cc1cccc(-c2ccccc2-c2cc(-c3ccc4c(c3)c3cc(-c5cc(-c6ccccc6-c6cccc(C(F)(F)F)c6)cc(-c6ccccc6-c6cccc(C(F)(F)F)c6)c5)ccc3n4-c3ccccc3C(C)(C)C)cc(-c3ccccc3-c3cccc(C(F)(F)F)c3)c2)c1. The maximum atomic E-state index is 14.4. The molecule has 0 N–H and O–H groups in total. The molecule has 14 aromatic rings. The van der Waals surface area contributed by atoms with Gasteiger partial charge in [-0.05, 0) is 232 Å². The van der Waals surface area contributed by atoms with Gasteiger partial charge in [0.25, 0.3) is 0 Å². The number of benzene rings is 13. The Morgan fingerprint density at radius 2 is 0.531 bits per heavy atom. The molecule has 0 saturated carbocycles. The molecule has 0 bridgehead atoms. The number of halogens is 9. The number of hydrogen-bond acceptors (Lipinski definition) is 0. The molecule has 0 aliphatic heterocycles. The molecule has 0 unspecified atom stereocenters. The van der Waals surface area contributed by atoms with E-state index in [4.69, 9.17) is 0 Å². The maximum absolute atomic E-state index is 14.4. The first-order valence-electron chi connectivity index (χ1n) is 31.5. The van der Waals surface area contributed by atoms with Crippen LogP contribution in [0.5, 0.6) is 0 Å². The first-order valence-corrected chi connectivity index (χ1v) is 31.5. The summed E-state index contributed by atoms with van der Waals surface area (Å²) < 4.78 is 132. The first-order chi connectivity index (χ1) is 46.0. The fourth-order valence-corrected chi connectivity index (χ4v) is 13.5. The van der Waals surface area contributed by atoms with Crippen LogP contribution in [0.1, 0.15) is 48.6 Å². The van der Waals surface area contributed by atoms with Crippen LogP contribution in [-0.4, -0.2) is 4.57 Å². The summed E-state index contributed by atoms with van der Waals surface area (Å²) in [5.41, 5.74) is 16.5. The standard InChI is InChI=1S/C86H60F9N/c1-53-19-15-20-56(41-53)69-27-5-9-31-73(69)62-42-60(43-63(46-62)74-32-10-6-28-70(74)57-21-16-24-66(48-57)84(87,88)89)54-37-39-80-77(51-54)78-52-55(38-40-81(78)96(80)82-36-14-13-35-79(82)83(2,3)4)61-44-64(75-33-11-7-29-71(75)58-22-17-25-67(49-58)85(90,91)92)47-65(45-61)76-34-12-8-30-72(76)59-23-18-26-68(50-59)86(93,94)95/h5-52H,1-4H3. The van der Waals surface area contributed by atoms with Gasteiger partial charge in [-0.15, -0.1) is 0 Å². The smallest absolute Gasteiger partial charge is 0.309 e. The van der Waals surface area contributed by atoms with Gasteiger partial charge in [-0.2, -0.15) is 39.5 Å². The molecule has 0 spiro atoms. The molecular formula is C86H60F9N. The molecule has 14 rings (SSSR count). The predicted molar refractivity (Wildman–Crippen MR) is 374 cm³/mol. The molecule has 0 saturated heterocycles. The molecule has 0 aliphatic carbocycles. The summed E-state index contributed by atoms with van der Waals surface area (Å²) in [7, 11) is 0. The summed E-state index contributed by atoms with van der Waals surface area (Å²) in [6.45, 7) is 8.61. The summed E-state index contributed by atoms with van der Waals surface area (Å²) in [4.78, 5) is 0. The summed E-state index contributed by atoms with van der Waals surface area (Å²) >= 11 is 0. The van der Waals surface area contributed by atoms with Gasteiger partial charge in [0, 0.05) is 16.5 Å². The third-order valence-corrected chi connectivity index (χ3v) is 18.0. The lowest BCUT2D eigenvalue weighted by molar-refractivity contribution is -0.138. The lowest BCUT2D eigenvalue weighted by Gasteiger charge is -2.24. The van der Waals surface area contributed by atoms with Gasteiger partial charge in [-0.1, -0.05) is 214 Å². The molecule has 0 amide bonds. The first kappa shape index (κ1) is 62.5. The van der Waals surface area contributed by atoms with Crippen LogP contribution in [0.25, 0.3) is 139 Å². The van der Waals surface area contributed by atoms with Crippen molar-refractivity contribution in [3.05, 3.63) is 319 Å². The van der Waals surface area contributed by atoms with Crippen molar-refractivity contribution in [1.82, 2.24) is 4.57 Å². The van der Waals surface area contributed by atoms with Crippen LogP contribution >= 0.6 is 0 Å². The van der Waals surface area contributed by atoms with Crippen molar-refractivity contribution >= 4 is 21.8 Å². The Kier molecular flexibility index (Phi) is 15.9. The molecule has 0 atom stereocenters. The van der Waals surface area contributed by atoms with Crippen LogP contribution in [0, 0.1) is 6.92 Å². The van der Waals surface area contributed by atoms with Crippen LogP contribution in [-0.2, 0) is 23.9 Å². The number of aromatic nitrogens is 1. The van der Waals surface area contributed by atoms with E-state index in [0.717, 1.165) is 125 Å². The number of aryl methyl sites for hydroxylation is 1. The molecule has 1 nitrogen and oxygen atoms in total. The highest BCUT2D eigenvalue weighted by molar-refractivity contribution is 6.12. The van der Waals surface area contributed by atoms with Gasteiger partial charge in [0.15, 0.2) is 0 Å². The summed E-state index contributed by atoms with van der Waals surface area (Å²) in [5.74, 6) is 0. The van der Waals surface area contributed by atoms with E-state index in [1.54, 1.807) is 42.5 Å². The van der Waals surface area contributed by atoms with Gasteiger partial charge in [0.2, 0.25) is 0 Å². The van der Waals surface area contributed by atoms with Gasteiger partial charge in [-0.25, -0.2) is 0 Å². The molecule has 0 aliphatic rings. The fourth-order valence-electron chi connectivity index (χ4n) is 13.5. The minimum atomic E-state index is -4.60. The van der Waals surface area contributed by atoms with Crippen molar-refractivity contribution < 1.29 is 39.5 Å². The second kappa shape index (κ2) is 24.4. The third kappa shape index (κ3) is 12.2. The highest BCUT2D eigenvalue weighted by atomic mass is 19.4. The highest BCUT2D eigenvalue weighted by Crippen LogP contribution is 2.47. The predicted octanol–water partition coefficient (Wildman–Crippen LogP) is 26.1. The molecule has 13 aromatic carbocycles. The summed E-state index contributed by atoms with van der Waals surface area (Å²) in [6.07, 6.45) is -13.8. The van der Waals surface area contributed by atoms with Crippen molar-refractivity contribution in [2.45, 2.75) is 51.6 Å². The van der Waals surface area contributed by atoms with Gasteiger partial charge in [0.05, 0.1) is 27.7 Å². The zero-order valence-electron chi connectivity index (χ0n) is 52.6. The lowest BCUT2D eigenvalue weighted by atomic mass is 9.85. The van der Waals surface area contributed by atoms with Crippen LogP contribution in [0.4, 0.5) is 39.5 Å². The normalized spacial score (nSPS) is 12.2. The van der Waals surface area contributed by atoms with Gasteiger partial charge < -0.3 is 4.57 Å². The number of para-hydroxylation sites is 1. The van der Waals surface area contributed by atoms with Gasteiger partial charge >= 0.3 is 18.5 Å². The van der Waals surface area contributed by atoms with E-state index in [0.29, 0.717) is 55.6 Å². The third-order valence-electron chi connectivity index (χ3n) is 18.0. The van der Waals surface area contributed by atoms with E-state index in [-0.39, 0.29) is 5.41 Å². The Labute approximate surface area is 550 Å². The Morgan fingerprint density at radius 1 is 0.240 bits per heavy atom. The van der Waals surface area contributed by atoms with E-state index >= 15 is 0 Å². The molecule has 1 heterocycles. The van der Waals surface area contributed by atoms with Crippen LogP contribution in [0.15, 0.2) is 291 Å². The molecule has 96 heavy (non-hydrogen) atoms. The number of rotatable bonds is 11. The van der Waals surface area contributed by atoms with E-state index in [1.165, 1.54) is 24.3 Å². The summed E-state index contributed by atoms with van der Waals surface area (Å²) in [5, 5.41) is 1.80. The molecular weight excluding hydrogens is 1220 g/mol. The van der Waals surface area contributed by atoms with Crippen LogP contribution in [0.3, 0.4) is 0 Å². The molecule has 0 radical (unpaired) electrons. The second-order valence-corrected chi connectivity index (χ2v) is 25.5. The number of hydrogen-bond donors (Lipinski definition) is 0. The quantitative estimate of drug-likeness (QED) is 0.114. The Bertz CT molecular complexity index is 5200. The summed E-state index contributed by atoms with van der Waals surface area (Å²) in [6, 6.07) is 88.0. The van der Waals surface area contributed by atoms with Crippen LogP contribution < -0.4 is 0 Å². The van der Waals surface area contributed by atoms with Crippen molar-refractivity contribution in [2.75, 3.05) is 0 Å². The molecule has 0 fully saturated rings. The zero-order chi connectivity index (χ0) is 66.8. The zero-order valence-corrected chi connectivity index (χ0v) is 52.6. The minimum absolute atomic E-state index is 0.291. The van der Waals surface area contributed by atoms with Gasteiger partial charge in [-0.3, -0.25) is 0 Å². The highest BCUT2D eigenvalue weighted by Gasteiger charge is 2.33. The average Bonchev–Trinajstić information content (AvgIpc) is 1.58. The molecule has 472 valence electrons. The van der Waals surface area contributed by atoms with E-state index in [2.05, 4.69) is 129 Å². The van der Waals surface area contributed by atoms with Crippen molar-refractivity contribution in [1.29, 1.82) is 0 Å². The van der Waals surface area contributed by atoms with Crippen molar-refractivity contribution in [3.8, 4) is 117 Å². The molecule has 10 heteroatoms. The lowest BCUT2D eigenvalue weighted by Crippen LogP contribution is -2.15. The van der Waals surface area contributed by atoms with E-state index < -0.39 is 35.2 Å². The fraction of sp³-hybridized carbons (Fsp3) is 0.0930. The largest absolute Gasteiger partial charge is 0.416 e. The van der Waals surface area contributed by atoms with Crippen molar-refractivity contribution in [2.24, 2.45) is 0 Å². The number of alkyl halides is 9. The second-order valence-electron chi connectivity index (χ2n) is 25.5. The Balaban J connectivity index is 1.02. The van der Waals surface area contributed by atoms with E-state index in [9.17, 15) is 39.5 Å². The van der Waals surface area contributed by atoms with Gasteiger partial charge in [0.1, 0.15) is 0 Å². The average molecular weight is 1280 g/mol. The molecule has 1 aromatic heterocycles. The maximum Gasteiger partial charge on any atom is 0.416 e.